The molecule has 8 unspecified atom stereocenters. The van der Waals surface area contributed by atoms with Crippen molar-refractivity contribution in [3.63, 3.8) is 0 Å². The van der Waals surface area contributed by atoms with Crippen molar-refractivity contribution in [3.05, 3.63) is 23.3 Å². The molecule has 0 bridgehead atoms. The van der Waals surface area contributed by atoms with Crippen molar-refractivity contribution >= 4 is 0 Å². The number of hydrogen-bond acceptors (Lipinski definition) is 0. The predicted octanol–water partition coefficient (Wildman–Crippen LogP) is 17.4. The van der Waals surface area contributed by atoms with E-state index in [-0.39, 0.29) is 0 Å². The van der Waals surface area contributed by atoms with E-state index in [1.54, 1.807) is 140 Å². The van der Waals surface area contributed by atoms with Crippen molar-refractivity contribution in [2.75, 3.05) is 0 Å². The Morgan fingerprint density at radius 1 is 0.259 bits per heavy atom. The smallest absolute Gasteiger partial charge is 0.0206 e. The molecule has 58 heavy (non-hydrogen) atoms. The fraction of sp³-hybridized carbons (Fsp3) is 0.931. The van der Waals surface area contributed by atoms with E-state index >= 15 is 0 Å². The van der Waals surface area contributed by atoms with Crippen molar-refractivity contribution < 1.29 is 0 Å². The second-order valence-electron chi connectivity index (χ2n) is 24.6. The summed E-state index contributed by atoms with van der Waals surface area (Å²) in [5.41, 5.74) is 3.59. The summed E-state index contributed by atoms with van der Waals surface area (Å²) in [6, 6.07) is 0. The molecular formula is C58H94. The van der Waals surface area contributed by atoms with Crippen LogP contribution in [-0.4, -0.2) is 0 Å². The summed E-state index contributed by atoms with van der Waals surface area (Å²) < 4.78 is 0. The Balaban J connectivity index is 0.881. The molecule has 0 saturated heterocycles. The predicted molar refractivity (Wildman–Crippen MR) is 247 cm³/mol. The molecule has 0 radical (unpaired) electrons. The minimum atomic E-state index is 0.901. The van der Waals surface area contributed by atoms with Crippen molar-refractivity contribution in [3.8, 4) is 0 Å². The summed E-state index contributed by atoms with van der Waals surface area (Å²) in [6.07, 6.45) is 58.7. The molecule has 10 saturated carbocycles. The third-order valence-electron chi connectivity index (χ3n) is 22.1. The van der Waals surface area contributed by atoms with Gasteiger partial charge in [-0.05, 0) is 249 Å². The molecule has 0 aromatic carbocycles. The zero-order valence-electron chi connectivity index (χ0n) is 38.6. The van der Waals surface area contributed by atoms with Gasteiger partial charge in [0.05, 0.1) is 0 Å². The van der Waals surface area contributed by atoms with Gasteiger partial charge in [-0.15, -0.1) is 0 Å². The first kappa shape index (κ1) is 41.5. The van der Waals surface area contributed by atoms with Gasteiger partial charge in [-0.3, -0.25) is 0 Å². The first-order valence-electron chi connectivity index (χ1n) is 28.0. The maximum absolute atomic E-state index is 2.84. The van der Waals surface area contributed by atoms with Crippen LogP contribution in [-0.2, 0) is 0 Å². The summed E-state index contributed by atoms with van der Waals surface area (Å²) in [5, 5.41) is 0. The molecule has 10 fully saturated rings. The molecule has 8 atom stereocenters. The maximum Gasteiger partial charge on any atom is -0.0206 e. The molecule has 10 aliphatic rings. The Morgan fingerprint density at radius 3 is 0.776 bits per heavy atom. The van der Waals surface area contributed by atoms with Crippen LogP contribution in [0.2, 0.25) is 0 Å². The molecule has 0 heterocycles. The molecule has 0 aromatic rings. The normalized spacial score (nSPS) is 47.6. The van der Waals surface area contributed by atoms with E-state index < -0.39 is 0 Å². The Hall–Kier alpha value is -0.520. The summed E-state index contributed by atoms with van der Waals surface area (Å²) >= 11 is 0. The van der Waals surface area contributed by atoms with Gasteiger partial charge in [0.15, 0.2) is 0 Å². The third kappa shape index (κ3) is 8.46. The van der Waals surface area contributed by atoms with Crippen LogP contribution >= 0.6 is 0 Å². The Kier molecular flexibility index (Phi) is 13.6. The van der Waals surface area contributed by atoms with E-state index in [1.165, 1.54) is 89.9 Å². The summed E-state index contributed by atoms with van der Waals surface area (Å²) in [5.74, 6) is 19.0. The highest BCUT2D eigenvalue weighted by Gasteiger charge is 2.61. The van der Waals surface area contributed by atoms with Gasteiger partial charge >= 0.3 is 0 Å². The van der Waals surface area contributed by atoms with Crippen molar-refractivity contribution in [2.24, 2.45) is 107 Å². The number of fused-ring (bicyclic) bond motifs is 4. The summed E-state index contributed by atoms with van der Waals surface area (Å²) in [7, 11) is 0. The minimum Gasteiger partial charge on any atom is -0.0822 e. The van der Waals surface area contributed by atoms with Crippen molar-refractivity contribution in [1.82, 2.24) is 0 Å². The lowest BCUT2D eigenvalue weighted by Crippen LogP contribution is -2.59. The van der Waals surface area contributed by atoms with Gasteiger partial charge < -0.3 is 0 Å². The lowest BCUT2D eigenvalue weighted by molar-refractivity contribution is -0.173. The Bertz CT molecular complexity index is 1200. The zero-order valence-corrected chi connectivity index (χ0v) is 38.6. The van der Waals surface area contributed by atoms with Gasteiger partial charge in [-0.2, -0.15) is 0 Å². The van der Waals surface area contributed by atoms with Crippen molar-refractivity contribution in [1.29, 1.82) is 0 Å². The quantitative estimate of drug-likeness (QED) is 0.225. The van der Waals surface area contributed by atoms with Crippen LogP contribution in [0.3, 0.4) is 0 Å². The topological polar surface area (TPSA) is 0 Å². The van der Waals surface area contributed by atoms with Crippen LogP contribution in [0.25, 0.3) is 0 Å². The first-order chi connectivity index (χ1) is 28.6. The SMILES string of the molecule is CC(=CC1CCC(C2C3CCCCC3C(C3C4CCCCC4C(C4CCC(C=C(C)C5CCCCC5)CC4)C4CCCCC43)C3CCCCC32)CC1)C1CCCCC1. The summed E-state index contributed by atoms with van der Waals surface area (Å²) in [6.45, 7) is 5.07. The number of hydrogen-bond donors (Lipinski definition) is 0. The van der Waals surface area contributed by atoms with Crippen LogP contribution in [0.15, 0.2) is 23.3 Å². The average Bonchev–Trinajstić information content (AvgIpc) is 3.29. The number of rotatable bonds is 7. The van der Waals surface area contributed by atoms with Crippen molar-refractivity contribution in [2.45, 2.75) is 232 Å². The van der Waals surface area contributed by atoms with Crippen LogP contribution in [0.1, 0.15) is 232 Å². The highest BCUT2D eigenvalue weighted by atomic mass is 14.7. The molecule has 0 amide bonds. The monoisotopic (exact) mass is 791 g/mol. The van der Waals surface area contributed by atoms with Crippen LogP contribution in [0, 0.1) is 107 Å². The lowest BCUT2D eigenvalue weighted by atomic mass is 9.39. The van der Waals surface area contributed by atoms with E-state index in [0.717, 1.165) is 107 Å². The molecule has 0 heteroatoms. The molecule has 10 rings (SSSR count). The summed E-state index contributed by atoms with van der Waals surface area (Å²) in [4.78, 5) is 0. The fourth-order valence-corrected chi connectivity index (χ4v) is 19.9. The van der Waals surface area contributed by atoms with E-state index in [9.17, 15) is 0 Å². The highest BCUT2D eigenvalue weighted by molar-refractivity contribution is 5.12. The van der Waals surface area contributed by atoms with E-state index in [4.69, 9.17) is 0 Å². The standard InChI is InChI=1S/C58H94/c1-39(43-17-5-3-6-18-43)37-41-29-33-45(34-30-41)55-47-21-9-13-25-51(47)57(52-26-14-10-22-48(52)55)58-53-27-15-11-23-49(53)56(50-24-12-16-28-54(50)58)46-35-31-42(32-36-46)38-40(2)44-19-7-4-8-20-44/h37-38,41-58H,3-36H2,1-2H3. The molecular weight excluding hydrogens is 697 g/mol. The second kappa shape index (κ2) is 19.1. The molecule has 0 aromatic heterocycles. The molecule has 0 spiro atoms. The lowest BCUT2D eigenvalue weighted by Gasteiger charge is -2.66. The molecule has 0 N–H and O–H groups in total. The number of allylic oxidation sites excluding steroid dienone is 4. The maximum atomic E-state index is 2.84. The third-order valence-corrected chi connectivity index (χ3v) is 22.1. The van der Waals surface area contributed by atoms with E-state index in [0.29, 0.717) is 0 Å². The average molecular weight is 791 g/mol. The Labute approximate surface area is 360 Å². The van der Waals surface area contributed by atoms with Gasteiger partial charge in [0.2, 0.25) is 0 Å². The van der Waals surface area contributed by atoms with Gasteiger partial charge in [0.25, 0.3) is 0 Å². The molecule has 10 aliphatic carbocycles. The van der Waals surface area contributed by atoms with Crippen LogP contribution in [0.5, 0.6) is 0 Å². The Morgan fingerprint density at radius 2 is 0.500 bits per heavy atom. The van der Waals surface area contributed by atoms with E-state index in [1.807, 2.05) is 0 Å². The molecule has 0 aliphatic heterocycles. The minimum absolute atomic E-state index is 0.901. The zero-order chi connectivity index (χ0) is 39.0. The largest absolute Gasteiger partial charge is 0.0822 e. The van der Waals surface area contributed by atoms with Gasteiger partial charge in [0, 0.05) is 0 Å². The van der Waals surface area contributed by atoms with Crippen LogP contribution < -0.4 is 0 Å². The fourth-order valence-electron chi connectivity index (χ4n) is 19.9. The van der Waals surface area contributed by atoms with Gasteiger partial charge in [0.1, 0.15) is 0 Å². The molecule has 0 nitrogen and oxygen atoms in total. The highest BCUT2D eigenvalue weighted by Crippen LogP contribution is 2.68. The van der Waals surface area contributed by atoms with E-state index in [2.05, 4.69) is 26.0 Å². The van der Waals surface area contributed by atoms with Gasteiger partial charge in [-0.25, -0.2) is 0 Å². The van der Waals surface area contributed by atoms with Crippen LogP contribution in [0.4, 0.5) is 0 Å². The second-order valence-corrected chi connectivity index (χ2v) is 24.6. The first-order valence-corrected chi connectivity index (χ1v) is 28.0. The van der Waals surface area contributed by atoms with Gasteiger partial charge in [-0.1, -0.05) is 113 Å². The molecule has 326 valence electrons.